The van der Waals surface area contributed by atoms with Gasteiger partial charge in [0.25, 0.3) is 0 Å². The van der Waals surface area contributed by atoms with Crippen LogP contribution in [0.15, 0.2) is 77.3 Å². The van der Waals surface area contributed by atoms with E-state index >= 15 is 0 Å². The fourth-order valence-corrected chi connectivity index (χ4v) is 4.81. The van der Waals surface area contributed by atoms with Crippen LogP contribution >= 0.6 is 15.9 Å². The van der Waals surface area contributed by atoms with Crippen molar-refractivity contribution in [2.24, 2.45) is 0 Å². The van der Waals surface area contributed by atoms with E-state index in [1.807, 2.05) is 0 Å². The number of halogens is 1. The van der Waals surface area contributed by atoms with Crippen molar-refractivity contribution >= 4 is 15.9 Å². The summed E-state index contributed by atoms with van der Waals surface area (Å²) in [6, 6.07) is 27.0. The van der Waals surface area contributed by atoms with Crippen LogP contribution in [0.1, 0.15) is 22.7 Å². The van der Waals surface area contributed by atoms with Crippen molar-refractivity contribution < 1.29 is 0 Å². The summed E-state index contributed by atoms with van der Waals surface area (Å²) in [6.45, 7) is 5.51. The number of hydrogen-bond acceptors (Lipinski definition) is 2. The Bertz CT molecular complexity index is 897. The van der Waals surface area contributed by atoms with Crippen LogP contribution < -0.4 is 0 Å². The van der Waals surface area contributed by atoms with E-state index in [2.05, 4.69) is 98.5 Å². The highest BCUT2D eigenvalue weighted by molar-refractivity contribution is 9.10. The Labute approximate surface area is 169 Å². The third kappa shape index (κ3) is 3.25. The second kappa shape index (κ2) is 7.23. The highest BCUT2D eigenvalue weighted by Gasteiger charge is 2.33. The highest BCUT2D eigenvalue weighted by atomic mass is 79.9. The molecular formula is C24H23BrN2. The van der Waals surface area contributed by atoms with E-state index in [1.54, 1.807) is 0 Å². The first-order valence-electron chi connectivity index (χ1n) is 9.69. The molecule has 3 aromatic rings. The second-order valence-corrected chi connectivity index (χ2v) is 8.43. The Morgan fingerprint density at radius 1 is 0.704 bits per heavy atom. The zero-order valence-electron chi connectivity index (χ0n) is 15.3. The summed E-state index contributed by atoms with van der Waals surface area (Å²) < 4.78 is 1.15. The van der Waals surface area contributed by atoms with Gasteiger partial charge < -0.3 is 0 Å². The van der Waals surface area contributed by atoms with Crippen molar-refractivity contribution in [2.45, 2.75) is 12.6 Å². The smallest absolute Gasteiger partial charge is 0.0614 e. The minimum atomic E-state index is 0.409. The van der Waals surface area contributed by atoms with Crippen LogP contribution in [0, 0.1) is 0 Å². The Morgan fingerprint density at radius 3 is 1.85 bits per heavy atom. The molecule has 0 bridgehead atoms. The molecule has 3 aromatic carbocycles. The van der Waals surface area contributed by atoms with E-state index in [4.69, 9.17) is 0 Å². The minimum Gasteiger partial charge on any atom is -0.297 e. The zero-order chi connectivity index (χ0) is 18.2. The molecule has 0 aromatic heterocycles. The van der Waals surface area contributed by atoms with Crippen molar-refractivity contribution in [2.75, 3.05) is 26.2 Å². The summed E-state index contributed by atoms with van der Waals surface area (Å²) in [5.74, 6) is 0. The van der Waals surface area contributed by atoms with Gasteiger partial charge in [-0.1, -0.05) is 76.6 Å². The van der Waals surface area contributed by atoms with E-state index in [9.17, 15) is 0 Å². The van der Waals surface area contributed by atoms with Gasteiger partial charge in [-0.2, -0.15) is 0 Å². The monoisotopic (exact) mass is 418 g/mol. The fourth-order valence-electron chi connectivity index (χ4n) is 4.55. The quantitative estimate of drug-likeness (QED) is 0.566. The lowest BCUT2D eigenvalue weighted by Crippen LogP contribution is -2.47. The molecule has 0 N–H and O–H groups in total. The van der Waals surface area contributed by atoms with Gasteiger partial charge in [-0.05, 0) is 39.9 Å². The molecule has 2 nitrogen and oxygen atoms in total. The zero-order valence-corrected chi connectivity index (χ0v) is 16.9. The Morgan fingerprint density at radius 2 is 1.26 bits per heavy atom. The average Bonchev–Trinajstić information content (AvgIpc) is 3.05. The maximum atomic E-state index is 3.52. The molecule has 3 heteroatoms. The normalized spacial score (nSPS) is 17.7. The van der Waals surface area contributed by atoms with E-state index in [0.29, 0.717) is 6.04 Å². The summed E-state index contributed by atoms with van der Waals surface area (Å²) >= 11 is 3.52. The Hall–Kier alpha value is -1.94. The standard InChI is InChI=1S/C24H23BrN2/c25-19-11-9-18(10-12-19)17-26-13-15-27(16-14-26)24-22-7-3-1-5-20(22)21-6-2-4-8-23(21)24/h1-12,24H,13-17H2. The Kier molecular flexibility index (Phi) is 4.60. The predicted octanol–water partition coefficient (Wildman–Crippen LogP) is 5.34. The third-order valence-corrected chi connectivity index (χ3v) is 6.42. The van der Waals surface area contributed by atoms with Crippen LogP contribution in [0.25, 0.3) is 11.1 Å². The Balaban J connectivity index is 1.33. The van der Waals surface area contributed by atoms with E-state index in [1.165, 1.54) is 27.8 Å². The number of fused-ring (bicyclic) bond motifs is 3. The lowest BCUT2D eigenvalue weighted by atomic mass is 10.0. The highest BCUT2D eigenvalue weighted by Crippen LogP contribution is 2.46. The van der Waals surface area contributed by atoms with Crippen molar-refractivity contribution in [1.82, 2.24) is 9.80 Å². The van der Waals surface area contributed by atoms with Gasteiger partial charge in [0, 0.05) is 37.2 Å². The molecule has 0 spiro atoms. The molecule has 0 amide bonds. The topological polar surface area (TPSA) is 6.48 Å². The lowest BCUT2D eigenvalue weighted by Gasteiger charge is -2.38. The van der Waals surface area contributed by atoms with Gasteiger partial charge in [0.05, 0.1) is 6.04 Å². The molecular weight excluding hydrogens is 396 g/mol. The molecule has 1 aliphatic heterocycles. The summed E-state index contributed by atoms with van der Waals surface area (Å²) in [5, 5.41) is 0. The van der Waals surface area contributed by atoms with E-state index in [0.717, 1.165) is 37.2 Å². The fraction of sp³-hybridized carbons (Fsp3) is 0.250. The van der Waals surface area contributed by atoms with Gasteiger partial charge in [0.1, 0.15) is 0 Å². The molecule has 27 heavy (non-hydrogen) atoms. The van der Waals surface area contributed by atoms with Gasteiger partial charge in [-0.3, -0.25) is 9.80 Å². The number of piperazine rings is 1. The molecule has 1 saturated heterocycles. The van der Waals surface area contributed by atoms with Crippen LogP contribution in [-0.2, 0) is 6.54 Å². The molecule has 5 rings (SSSR count). The third-order valence-electron chi connectivity index (χ3n) is 5.89. The van der Waals surface area contributed by atoms with Crippen LogP contribution in [0.3, 0.4) is 0 Å². The lowest BCUT2D eigenvalue weighted by molar-refractivity contribution is 0.106. The average molecular weight is 419 g/mol. The number of rotatable bonds is 3. The molecule has 1 fully saturated rings. The predicted molar refractivity (Wildman–Crippen MR) is 115 cm³/mol. The summed E-state index contributed by atoms with van der Waals surface area (Å²) in [7, 11) is 0. The van der Waals surface area contributed by atoms with Gasteiger partial charge >= 0.3 is 0 Å². The van der Waals surface area contributed by atoms with E-state index < -0.39 is 0 Å². The van der Waals surface area contributed by atoms with Crippen LogP contribution in [-0.4, -0.2) is 36.0 Å². The first kappa shape index (κ1) is 17.2. The molecule has 0 atom stereocenters. The number of benzene rings is 3. The van der Waals surface area contributed by atoms with Gasteiger partial charge in [0.15, 0.2) is 0 Å². The molecule has 0 radical (unpaired) electrons. The molecule has 136 valence electrons. The van der Waals surface area contributed by atoms with Gasteiger partial charge in [-0.25, -0.2) is 0 Å². The SMILES string of the molecule is Brc1ccc(CN2CCN(C3c4ccccc4-c4ccccc43)CC2)cc1. The summed E-state index contributed by atoms with van der Waals surface area (Å²) in [4.78, 5) is 5.25. The largest absolute Gasteiger partial charge is 0.297 e. The second-order valence-electron chi connectivity index (χ2n) is 7.52. The van der Waals surface area contributed by atoms with E-state index in [-0.39, 0.29) is 0 Å². The van der Waals surface area contributed by atoms with Gasteiger partial charge in [-0.15, -0.1) is 0 Å². The summed E-state index contributed by atoms with van der Waals surface area (Å²) in [5.41, 5.74) is 7.16. The van der Waals surface area contributed by atoms with Crippen LogP contribution in [0.2, 0.25) is 0 Å². The first-order valence-corrected chi connectivity index (χ1v) is 10.5. The van der Waals surface area contributed by atoms with Crippen LogP contribution in [0.5, 0.6) is 0 Å². The number of nitrogens with zero attached hydrogens (tertiary/aromatic N) is 2. The maximum Gasteiger partial charge on any atom is 0.0614 e. The summed E-state index contributed by atoms with van der Waals surface area (Å²) in [6.07, 6.45) is 0. The molecule has 2 aliphatic rings. The van der Waals surface area contributed by atoms with Crippen molar-refractivity contribution in [3.05, 3.63) is 94.0 Å². The van der Waals surface area contributed by atoms with Crippen molar-refractivity contribution in [3.63, 3.8) is 0 Å². The first-order chi connectivity index (χ1) is 13.3. The molecule has 1 heterocycles. The van der Waals surface area contributed by atoms with Crippen LogP contribution in [0.4, 0.5) is 0 Å². The maximum absolute atomic E-state index is 3.52. The minimum absolute atomic E-state index is 0.409. The molecule has 0 saturated carbocycles. The van der Waals surface area contributed by atoms with Crippen molar-refractivity contribution in [1.29, 1.82) is 0 Å². The molecule has 1 aliphatic carbocycles. The number of hydrogen-bond donors (Lipinski definition) is 0. The van der Waals surface area contributed by atoms with Crippen molar-refractivity contribution in [3.8, 4) is 11.1 Å². The van der Waals surface area contributed by atoms with Gasteiger partial charge in [0.2, 0.25) is 0 Å². The molecule has 0 unspecified atom stereocenters.